The van der Waals surface area contributed by atoms with Gasteiger partial charge in [0.1, 0.15) is 23.8 Å². The van der Waals surface area contributed by atoms with Crippen molar-refractivity contribution in [2.75, 3.05) is 23.5 Å². The molecule has 1 N–H and O–H groups in total. The number of anilines is 2. The van der Waals surface area contributed by atoms with E-state index < -0.39 is 67.3 Å². The van der Waals surface area contributed by atoms with Crippen LogP contribution in [0.25, 0.3) is 0 Å². The Morgan fingerprint density at radius 2 is 1.76 bits per heavy atom. The van der Waals surface area contributed by atoms with Crippen LogP contribution in [0.4, 0.5) is 29.5 Å². The van der Waals surface area contributed by atoms with E-state index in [1.54, 1.807) is 20.8 Å². The van der Waals surface area contributed by atoms with E-state index in [0.717, 1.165) is 31.5 Å². The van der Waals surface area contributed by atoms with Crippen LogP contribution in [0.3, 0.4) is 0 Å². The van der Waals surface area contributed by atoms with E-state index in [4.69, 9.17) is 32.7 Å². The number of nitrogens with one attached hydrogen (secondary N) is 1. The van der Waals surface area contributed by atoms with Gasteiger partial charge in [0.25, 0.3) is 10.0 Å². The average molecular weight is 635 g/mol. The number of carbonyl (C=O) groups excluding carboxylic acids is 2. The van der Waals surface area contributed by atoms with Gasteiger partial charge in [-0.1, -0.05) is 23.2 Å². The molecule has 1 amide bonds. The Balaban J connectivity index is 2.15. The molecule has 3 aromatic rings. The molecular weight excluding hydrogens is 612 g/mol. The van der Waals surface area contributed by atoms with Gasteiger partial charge in [-0.15, -0.1) is 0 Å². The van der Waals surface area contributed by atoms with Gasteiger partial charge in [0.2, 0.25) is 5.78 Å². The van der Waals surface area contributed by atoms with Gasteiger partial charge in [-0.3, -0.25) is 10.1 Å². The number of methoxy groups -OCH3 is 1. The monoisotopic (exact) mass is 634 g/mol. The van der Waals surface area contributed by atoms with Crippen molar-refractivity contribution >= 4 is 56.6 Å². The SMILES string of the molecule is COCN(c1cc(Cl)cnc1C(=O)c1cccnc1NC(=O)OC(C)(C)C)S(=O)(=O)c1ccc(Cl)c(C(F)(F)F)c1. The Kier molecular flexibility index (Phi) is 9.53. The lowest BCUT2D eigenvalue weighted by Crippen LogP contribution is -2.34. The lowest BCUT2D eigenvalue weighted by molar-refractivity contribution is -0.137. The summed E-state index contributed by atoms with van der Waals surface area (Å²) >= 11 is 11.7. The first-order chi connectivity index (χ1) is 19.0. The quantitative estimate of drug-likeness (QED) is 0.230. The summed E-state index contributed by atoms with van der Waals surface area (Å²) in [5, 5.41) is 1.55. The van der Waals surface area contributed by atoms with Crippen LogP contribution in [0.1, 0.15) is 42.4 Å². The van der Waals surface area contributed by atoms with Crippen LogP contribution in [0.2, 0.25) is 10.0 Å². The molecule has 0 fully saturated rings. The Morgan fingerprint density at radius 1 is 1.07 bits per heavy atom. The zero-order valence-corrected chi connectivity index (χ0v) is 24.2. The first-order valence-corrected chi connectivity index (χ1v) is 13.7. The average Bonchev–Trinajstić information content (AvgIpc) is 2.85. The van der Waals surface area contributed by atoms with Crippen molar-refractivity contribution in [2.45, 2.75) is 37.4 Å². The predicted octanol–water partition coefficient (Wildman–Crippen LogP) is 6.18. The summed E-state index contributed by atoms with van der Waals surface area (Å²) in [4.78, 5) is 33.3. The summed E-state index contributed by atoms with van der Waals surface area (Å²) in [6.07, 6.45) is -3.51. The van der Waals surface area contributed by atoms with Crippen LogP contribution in [0.5, 0.6) is 0 Å². The summed E-state index contributed by atoms with van der Waals surface area (Å²) in [5.74, 6) is -1.12. The number of ketones is 1. The van der Waals surface area contributed by atoms with Gasteiger partial charge in [-0.25, -0.2) is 27.5 Å². The number of carbonyl (C=O) groups is 2. The molecule has 0 unspecified atom stereocenters. The normalized spacial score (nSPS) is 12.1. The van der Waals surface area contributed by atoms with Gasteiger partial charge in [0.15, 0.2) is 0 Å². The fourth-order valence-corrected chi connectivity index (χ4v) is 5.19. The van der Waals surface area contributed by atoms with E-state index in [2.05, 4.69) is 15.3 Å². The van der Waals surface area contributed by atoms with Gasteiger partial charge >= 0.3 is 12.3 Å². The van der Waals surface area contributed by atoms with E-state index in [1.807, 2.05) is 0 Å². The van der Waals surface area contributed by atoms with Crippen molar-refractivity contribution in [1.82, 2.24) is 9.97 Å². The number of sulfonamides is 1. The molecule has 0 saturated heterocycles. The van der Waals surface area contributed by atoms with Gasteiger partial charge in [0.05, 0.1) is 31.8 Å². The molecule has 16 heteroatoms. The second-order valence-electron chi connectivity index (χ2n) is 9.29. The number of hydrogen-bond acceptors (Lipinski definition) is 8. The number of alkyl halides is 3. The maximum Gasteiger partial charge on any atom is 0.417 e. The number of amides is 1. The molecule has 2 aromatic heterocycles. The van der Waals surface area contributed by atoms with E-state index >= 15 is 0 Å². The first kappa shape index (κ1) is 32.1. The molecule has 1 aromatic carbocycles. The van der Waals surface area contributed by atoms with Crippen molar-refractivity contribution < 1.29 is 40.7 Å². The molecule has 0 bridgehead atoms. The smallest absolute Gasteiger partial charge is 0.417 e. The van der Waals surface area contributed by atoms with Gasteiger partial charge < -0.3 is 9.47 Å². The van der Waals surface area contributed by atoms with Crippen LogP contribution in [0, 0.1) is 0 Å². The molecule has 41 heavy (non-hydrogen) atoms. The molecule has 2 heterocycles. The largest absolute Gasteiger partial charge is 0.444 e. The molecule has 0 atom stereocenters. The fourth-order valence-electron chi connectivity index (χ4n) is 3.40. The number of pyridine rings is 2. The summed E-state index contributed by atoms with van der Waals surface area (Å²) < 4.78 is 78.5. The molecule has 10 nitrogen and oxygen atoms in total. The van der Waals surface area contributed by atoms with Crippen LogP contribution < -0.4 is 9.62 Å². The predicted molar refractivity (Wildman–Crippen MR) is 145 cm³/mol. The molecule has 0 aliphatic rings. The number of hydrogen-bond donors (Lipinski definition) is 1. The third-order valence-corrected chi connectivity index (χ3v) is 7.34. The van der Waals surface area contributed by atoms with Gasteiger partial charge in [-0.05, 0) is 57.2 Å². The summed E-state index contributed by atoms with van der Waals surface area (Å²) in [5.41, 5.74) is -3.35. The molecule has 0 aliphatic heterocycles. The molecule has 220 valence electrons. The van der Waals surface area contributed by atoms with Crippen molar-refractivity contribution in [1.29, 1.82) is 0 Å². The number of nitrogens with zero attached hydrogens (tertiary/aromatic N) is 3. The summed E-state index contributed by atoms with van der Waals surface area (Å²) in [6.45, 7) is 4.14. The van der Waals surface area contributed by atoms with Crippen LogP contribution >= 0.6 is 23.2 Å². The van der Waals surface area contributed by atoms with Crippen LogP contribution in [0.15, 0.2) is 53.7 Å². The van der Waals surface area contributed by atoms with Crippen molar-refractivity contribution in [3.05, 3.63) is 75.7 Å². The number of halogens is 5. The molecule has 3 rings (SSSR count). The number of aromatic nitrogens is 2. The Hall–Kier alpha value is -3.46. The highest BCUT2D eigenvalue weighted by atomic mass is 35.5. The minimum absolute atomic E-state index is 0.0989. The highest BCUT2D eigenvalue weighted by Crippen LogP contribution is 2.38. The lowest BCUT2D eigenvalue weighted by atomic mass is 10.1. The maximum atomic E-state index is 13.7. The highest BCUT2D eigenvalue weighted by molar-refractivity contribution is 7.92. The maximum absolute atomic E-state index is 13.7. The number of benzene rings is 1. The number of ether oxygens (including phenoxy) is 2. The van der Waals surface area contributed by atoms with Gasteiger partial charge in [-0.2, -0.15) is 13.2 Å². The zero-order valence-electron chi connectivity index (χ0n) is 21.9. The van der Waals surface area contributed by atoms with E-state index in [9.17, 15) is 31.2 Å². The minimum atomic E-state index is -4.95. The van der Waals surface area contributed by atoms with Crippen LogP contribution in [-0.4, -0.2) is 49.7 Å². The highest BCUT2D eigenvalue weighted by Gasteiger charge is 2.37. The summed E-state index contributed by atoms with van der Waals surface area (Å²) in [6, 6.07) is 5.79. The first-order valence-electron chi connectivity index (χ1n) is 11.5. The second kappa shape index (κ2) is 12.2. The Morgan fingerprint density at radius 3 is 2.37 bits per heavy atom. The van der Waals surface area contributed by atoms with Gasteiger partial charge in [0, 0.05) is 19.5 Å². The Labute approximate surface area is 243 Å². The third kappa shape index (κ3) is 7.64. The van der Waals surface area contributed by atoms with E-state index in [0.29, 0.717) is 10.4 Å². The topological polar surface area (TPSA) is 128 Å². The van der Waals surface area contributed by atoms with Crippen molar-refractivity contribution in [2.24, 2.45) is 0 Å². The zero-order chi connectivity index (χ0) is 30.8. The third-order valence-electron chi connectivity index (χ3n) is 5.07. The molecule has 0 aliphatic carbocycles. The molecule has 0 radical (unpaired) electrons. The summed E-state index contributed by atoms with van der Waals surface area (Å²) in [7, 11) is -3.69. The van der Waals surface area contributed by atoms with E-state index in [1.165, 1.54) is 18.3 Å². The molecular formula is C25H23Cl2F3N4O6S. The molecule has 0 saturated carbocycles. The number of rotatable bonds is 8. The fraction of sp³-hybridized carbons (Fsp3) is 0.280. The minimum Gasteiger partial charge on any atom is -0.444 e. The Bertz CT molecular complexity index is 1580. The lowest BCUT2D eigenvalue weighted by Gasteiger charge is -2.26. The molecule has 0 spiro atoms. The van der Waals surface area contributed by atoms with Crippen LogP contribution in [-0.2, 0) is 25.7 Å². The van der Waals surface area contributed by atoms with E-state index in [-0.39, 0.29) is 16.4 Å². The van der Waals surface area contributed by atoms with Crippen molar-refractivity contribution in [3.8, 4) is 0 Å². The van der Waals surface area contributed by atoms with Crippen molar-refractivity contribution in [3.63, 3.8) is 0 Å². The second-order valence-corrected chi connectivity index (χ2v) is 12.0. The standard InChI is InChI=1S/C25H23Cl2F3N4O6S/c1-24(2,3)40-23(36)33-22-16(6-5-9-31-22)21(35)20-19(10-14(26)12-32-20)34(13-39-4)41(37,38)15-7-8-18(27)17(11-15)25(28,29)30/h5-12H,13H2,1-4H3,(H,31,33,36).